The summed E-state index contributed by atoms with van der Waals surface area (Å²) in [6, 6.07) is 0. The van der Waals surface area contributed by atoms with E-state index in [0.29, 0.717) is 18.9 Å². The number of piperidine rings is 1. The van der Waals surface area contributed by atoms with Gasteiger partial charge in [0.25, 0.3) is 0 Å². The van der Waals surface area contributed by atoms with Crippen molar-refractivity contribution < 1.29 is 9.59 Å². The summed E-state index contributed by atoms with van der Waals surface area (Å²) < 4.78 is 0. The SMILES string of the molecule is CC(=O)C1CCN(C(=O)CC2=NNNN2)CC1. The molecule has 2 rings (SSSR count). The van der Waals surface area contributed by atoms with E-state index in [1.54, 1.807) is 11.8 Å². The molecule has 0 aliphatic carbocycles. The van der Waals surface area contributed by atoms with E-state index in [2.05, 4.69) is 21.6 Å². The maximum atomic E-state index is 11.9. The largest absolute Gasteiger partial charge is 0.342 e. The van der Waals surface area contributed by atoms with Gasteiger partial charge in [0.2, 0.25) is 5.91 Å². The molecule has 0 radical (unpaired) electrons. The molecule has 0 aromatic carbocycles. The van der Waals surface area contributed by atoms with E-state index in [1.807, 2.05) is 0 Å². The van der Waals surface area contributed by atoms with Crippen LogP contribution in [0.5, 0.6) is 0 Å². The summed E-state index contributed by atoms with van der Waals surface area (Å²) in [5.41, 5.74) is 7.84. The zero-order valence-corrected chi connectivity index (χ0v) is 9.82. The van der Waals surface area contributed by atoms with Crippen LogP contribution in [0.1, 0.15) is 26.2 Å². The van der Waals surface area contributed by atoms with Crippen molar-refractivity contribution >= 4 is 17.5 Å². The van der Waals surface area contributed by atoms with E-state index in [-0.39, 0.29) is 24.0 Å². The quantitative estimate of drug-likeness (QED) is 0.596. The van der Waals surface area contributed by atoms with Gasteiger partial charge in [-0.2, -0.15) is 0 Å². The molecule has 0 saturated carbocycles. The van der Waals surface area contributed by atoms with Gasteiger partial charge in [-0.3, -0.25) is 15.0 Å². The second kappa shape index (κ2) is 5.13. The predicted molar refractivity (Wildman–Crippen MR) is 61.4 cm³/mol. The lowest BCUT2D eigenvalue weighted by Crippen LogP contribution is -2.42. The number of carbonyl (C=O) groups excluding carboxylic acids is 2. The van der Waals surface area contributed by atoms with E-state index in [1.165, 1.54) is 0 Å². The molecule has 17 heavy (non-hydrogen) atoms. The summed E-state index contributed by atoms with van der Waals surface area (Å²) in [5.74, 6) is 0.990. The van der Waals surface area contributed by atoms with Crippen molar-refractivity contribution in [2.24, 2.45) is 11.0 Å². The Balaban J connectivity index is 1.79. The van der Waals surface area contributed by atoms with Gasteiger partial charge >= 0.3 is 0 Å². The lowest BCUT2D eigenvalue weighted by Gasteiger charge is -2.30. The molecule has 2 heterocycles. The van der Waals surface area contributed by atoms with Crippen LogP contribution >= 0.6 is 0 Å². The predicted octanol–water partition coefficient (Wildman–Crippen LogP) is -0.870. The number of ketones is 1. The summed E-state index contributed by atoms with van der Waals surface area (Å²) in [7, 11) is 0. The van der Waals surface area contributed by atoms with Crippen molar-refractivity contribution in [2.45, 2.75) is 26.2 Å². The topological polar surface area (TPSA) is 85.8 Å². The number of hydrazine groups is 2. The Kier molecular flexibility index (Phi) is 3.58. The van der Waals surface area contributed by atoms with Crippen LogP contribution in [0.2, 0.25) is 0 Å². The first-order chi connectivity index (χ1) is 8.16. The fourth-order valence-electron chi connectivity index (χ4n) is 2.10. The molecule has 1 amide bonds. The standard InChI is InChI=1S/C10H17N5O2/c1-7(16)8-2-4-15(5-3-8)10(17)6-9-11-13-14-12-9/h8,13-14H,2-6H2,1H3,(H,11,12). The highest BCUT2D eigenvalue weighted by Gasteiger charge is 2.26. The number of hydrogen-bond acceptors (Lipinski definition) is 6. The molecule has 7 nitrogen and oxygen atoms in total. The van der Waals surface area contributed by atoms with Gasteiger partial charge in [-0.1, -0.05) is 0 Å². The van der Waals surface area contributed by atoms with E-state index in [4.69, 9.17) is 0 Å². The number of amidine groups is 1. The molecule has 7 heteroatoms. The summed E-state index contributed by atoms with van der Waals surface area (Å²) in [6.45, 7) is 2.95. The molecule has 2 aliphatic heterocycles. The van der Waals surface area contributed by atoms with E-state index >= 15 is 0 Å². The minimum absolute atomic E-state index is 0.0451. The smallest absolute Gasteiger partial charge is 0.230 e. The second-order valence-corrected chi connectivity index (χ2v) is 4.36. The number of amides is 1. The molecule has 3 N–H and O–H groups in total. The van der Waals surface area contributed by atoms with Crippen molar-refractivity contribution in [3.05, 3.63) is 0 Å². The van der Waals surface area contributed by atoms with Crippen LogP contribution < -0.4 is 16.5 Å². The van der Waals surface area contributed by atoms with Crippen molar-refractivity contribution in [3.63, 3.8) is 0 Å². The molecule has 0 atom stereocenters. The van der Waals surface area contributed by atoms with Crippen molar-refractivity contribution in [1.29, 1.82) is 0 Å². The minimum atomic E-state index is 0.0451. The monoisotopic (exact) mass is 239 g/mol. The van der Waals surface area contributed by atoms with Gasteiger partial charge in [0, 0.05) is 19.0 Å². The first-order valence-corrected chi connectivity index (χ1v) is 5.77. The lowest BCUT2D eigenvalue weighted by atomic mass is 9.93. The maximum Gasteiger partial charge on any atom is 0.230 e. The van der Waals surface area contributed by atoms with Gasteiger partial charge in [-0.15, -0.1) is 10.6 Å². The third-order valence-electron chi connectivity index (χ3n) is 3.19. The normalized spacial score (nSPS) is 20.5. The van der Waals surface area contributed by atoms with Gasteiger partial charge in [-0.05, 0) is 19.8 Å². The Morgan fingerprint density at radius 2 is 2.12 bits per heavy atom. The van der Waals surface area contributed by atoms with Crippen molar-refractivity contribution in [1.82, 2.24) is 21.4 Å². The van der Waals surface area contributed by atoms with Crippen molar-refractivity contribution in [2.75, 3.05) is 13.1 Å². The molecule has 1 fully saturated rings. The Bertz CT molecular complexity index is 347. The molecule has 2 aliphatic rings. The summed E-state index contributed by atoms with van der Waals surface area (Å²) in [4.78, 5) is 24.9. The molecule has 0 unspecified atom stereocenters. The van der Waals surface area contributed by atoms with Gasteiger partial charge < -0.3 is 4.90 Å². The molecule has 0 bridgehead atoms. The van der Waals surface area contributed by atoms with E-state index in [9.17, 15) is 9.59 Å². The number of rotatable bonds is 3. The van der Waals surface area contributed by atoms with E-state index < -0.39 is 0 Å². The van der Waals surface area contributed by atoms with Gasteiger partial charge in [0.05, 0.1) is 6.42 Å². The van der Waals surface area contributed by atoms with Crippen LogP contribution in [0.15, 0.2) is 5.10 Å². The van der Waals surface area contributed by atoms with Crippen LogP contribution in [0.4, 0.5) is 0 Å². The number of Topliss-reactive ketones (excluding diaryl/α,β-unsaturated/α-hetero) is 1. The fraction of sp³-hybridized carbons (Fsp3) is 0.700. The highest BCUT2D eigenvalue weighted by Crippen LogP contribution is 2.18. The van der Waals surface area contributed by atoms with Crippen molar-refractivity contribution in [3.8, 4) is 0 Å². The molecule has 0 aromatic rings. The number of carbonyl (C=O) groups is 2. The molecule has 94 valence electrons. The lowest BCUT2D eigenvalue weighted by molar-refractivity contribution is -0.133. The summed E-state index contributed by atoms with van der Waals surface area (Å²) >= 11 is 0. The second-order valence-electron chi connectivity index (χ2n) is 4.36. The first-order valence-electron chi connectivity index (χ1n) is 5.77. The Morgan fingerprint density at radius 1 is 1.41 bits per heavy atom. The third kappa shape index (κ3) is 2.94. The average Bonchev–Trinajstić information content (AvgIpc) is 2.82. The summed E-state index contributed by atoms with van der Waals surface area (Å²) in [6.07, 6.45) is 1.81. The third-order valence-corrected chi connectivity index (χ3v) is 3.19. The van der Waals surface area contributed by atoms with Crippen LogP contribution in [0.3, 0.4) is 0 Å². The number of likely N-dealkylation sites (tertiary alicyclic amines) is 1. The zero-order chi connectivity index (χ0) is 12.3. The van der Waals surface area contributed by atoms with Crippen LogP contribution in [-0.4, -0.2) is 35.5 Å². The van der Waals surface area contributed by atoms with Gasteiger partial charge in [0.1, 0.15) is 11.6 Å². The zero-order valence-electron chi connectivity index (χ0n) is 9.82. The highest BCUT2D eigenvalue weighted by atomic mass is 16.2. The number of hydrazone groups is 1. The Labute approximate surface area is 99.6 Å². The van der Waals surface area contributed by atoms with Crippen LogP contribution in [0, 0.1) is 5.92 Å². The number of nitrogens with one attached hydrogen (secondary N) is 3. The van der Waals surface area contributed by atoms with Gasteiger partial charge in [0.15, 0.2) is 0 Å². The first kappa shape index (κ1) is 11.8. The Hall–Kier alpha value is -1.63. The molecule has 0 spiro atoms. The summed E-state index contributed by atoms with van der Waals surface area (Å²) in [5, 5.41) is 3.86. The van der Waals surface area contributed by atoms with E-state index in [0.717, 1.165) is 12.8 Å². The number of nitrogens with zero attached hydrogens (tertiary/aromatic N) is 2. The fourth-order valence-corrected chi connectivity index (χ4v) is 2.10. The molecular formula is C10H17N5O2. The minimum Gasteiger partial charge on any atom is -0.342 e. The average molecular weight is 239 g/mol. The van der Waals surface area contributed by atoms with Gasteiger partial charge in [-0.25, -0.2) is 5.53 Å². The molecule has 0 aromatic heterocycles. The van der Waals surface area contributed by atoms with Crippen LogP contribution in [-0.2, 0) is 9.59 Å². The number of hydrogen-bond donors (Lipinski definition) is 3. The van der Waals surface area contributed by atoms with Crippen LogP contribution in [0.25, 0.3) is 0 Å². The molecular weight excluding hydrogens is 222 g/mol. The maximum absolute atomic E-state index is 11.9. The highest BCUT2D eigenvalue weighted by molar-refractivity contribution is 6.00. The molecule has 1 saturated heterocycles. The Morgan fingerprint density at radius 3 is 2.65 bits per heavy atom.